The Balaban J connectivity index is 2.43. The smallest absolute Gasteiger partial charge is 0.323 e. The maximum atomic E-state index is 11.8. The minimum Gasteiger partial charge on any atom is -0.480 e. The van der Waals surface area contributed by atoms with E-state index in [1.54, 1.807) is 25.4 Å². The van der Waals surface area contributed by atoms with Crippen LogP contribution in [-0.4, -0.2) is 41.0 Å². The molecule has 0 aromatic carbocycles. The van der Waals surface area contributed by atoms with Crippen molar-refractivity contribution in [3.63, 3.8) is 0 Å². The summed E-state index contributed by atoms with van der Waals surface area (Å²) in [6.07, 6.45) is 1.54. The monoisotopic (exact) mass is 254 g/mol. The van der Waals surface area contributed by atoms with Crippen molar-refractivity contribution in [3.05, 3.63) is 24.2 Å². The molecule has 1 heterocycles. The molecular weight excluding hydrogens is 236 g/mol. The molecule has 0 saturated carbocycles. The molecule has 0 aliphatic carbocycles. The van der Waals surface area contributed by atoms with Gasteiger partial charge in [0.25, 0.3) is 0 Å². The fraction of sp³-hybridized carbons (Fsp3) is 0.500. The third-order valence-electron chi connectivity index (χ3n) is 2.62. The zero-order valence-electron chi connectivity index (χ0n) is 10.8. The van der Waals surface area contributed by atoms with Crippen LogP contribution >= 0.6 is 0 Å². The summed E-state index contributed by atoms with van der Waals surface area (Å²) in [6.45, 7) is 3.35. The molecule has 0 saturated heterocycles. The molecule has 100 valence electrons. The molecule has 0 spiro atoms. The molecule has 0 radical (unpaired) electrons. The van der Waals surface area contributed by atoms with E-state index in [4.69, 9.17) is 9.52 Å². The highest BCUT2D eigenvalue weighted by Gasteiger charge is 2.27. The van der Waals surface area contributed by atoms with Crippen LogP contribution in [0.2, 0.25) is 0 Å². The normalized spacial score (nSPS) is 11.3. The van der Waals surface area contributed by atoms with E-state index in [9.17, 15) is 9.59 Å². The topological polar surface area (TPSA) is 82.8 Å². The van der Waals surface area contributed by atoms with Crippen LogP contribution in [0.25, 0.3) is 0 Å². The van der Waals surface area contributed by atoms with Crippen molar-refractivity contribution >= 4 is 11.9 Å². The van der Waals surface area contributed by atoms with Gasteiger partial charge in [0.05, 0.1) is 19.4 Å². The highest BCUT2D eigenvalue weighted by molar-refractivity contribution is 5.81. The van der Waals surface area contributed by atoms with E-state index in [0.717, 1.165) is 0 Å². The van der Waals surface area contributed by atoms with Gasteiger partial charge in [0.1, 0.15) is 11.3 Å². The van der Waals surface area contributed by atoms with E-state index >= 15 is 0 Å². The molecule has 0 unspecified atom stereocenters. The largest absolute Gasteiger partial charge is 0.480 e. The first-order valence-corrected chi connectivity index (χ1v) is 5.57. The molecule has 6 heteroatoms. The third-order valence-corrected chi connectivity index (χ3v) is 2.62. The number of hydrogen-bond donors (Lipinski definition) is 2. The lowest BCUT2D eigenvalue weighted by atomic mass is 10.1. The fourth-order valence-electron chi connectivity index (χ4n) is 1.23. The molecule has 0 atom stereocenters. The maximum Gasteiger partial charge on any atom is 0.323 e. The molecule has 1 aromatic rings. The molecule has 0 bridgehead atoms. The third kappa shape index (κ3) is 3.89. The van der Waals surface area contributed by atoms with E-state index in [2.05, 4.69) is 5.32 Å². The van der Waals surface area contributed by atoms with Crippen LogP contribution in [0.15, 0.2) is 22.8 Å². The van der Waals surface area contributed by atoms with Crippen LogP contribution in [0, 0.1) is 0 Å². The van der Waals surface area contributed by atoms with Gasteiger partial charge in [0.2, 0.25) is 5.91 Å². The number of carboxylic acid groups (broad SMARTS) is 1. The van der Waals surface area contributed by atoms with Crippen molar-refractivity contribution < 1.29 is 19.1 Å². The first kappa shape index (κ1) is 14.2. The Morgan fingerprint density at radius 2 is 2.17 bits per heavy atom. The summed E-state index contributed by atoms with van der Waals surface area (Å²) in [5, 5.41) is 11.6. The molecule has 18 heavy (non-hydrogen) atoms. The Morgan fingerprint density at radius 1 is 1.50 bits per heavy atom. The molecule has 1 rings (SSSR count). The first-order chi connectivity index (χ1) is 8.33. The Morgan fingerprint density at radius 3 is 2.67 bits per heavy atom. The summed E-state index contributed by atoms with van der Waals surface area (Å²) in [6, 6.07) is 3.53. The number of aliphatic carboxylic acids is 1. The maximum absolute atomic E-state index is 11.8. The van der Waals surface area contributed by atoms with Crippen LogP contribution in [0.3, 0.4) is 0 Å². The number of furan rings is 1. The number of carboxylic acids is 1. The van der Waals surface area contributed by atoms with Crippen molar-refractivity contribution in [3.8, 4) is 0 Å². The van der Waals surface area contributed by atoms with E-state index in [1.807, 2.05) is 0 Å². The van der Waals surface area contributed by atoms with Gasteiger partial charge >= 0.3 is 5.97 Å². The minimum absolute atomic E-state index is 0.0312. The molecule has 0 aliphatic heterocycles. The van der Waals surface area contributed by atoms with Gasteiger partial charge in [-0.15, -0.1) is 0 Å². The SMILES string of the molecule is CN(Cc1ccco1)C(=O)CNC(C)(C)C(=O)O. The van der Waals surface area contributed by atoms with Crippen LogP contribution in [0.1, 0.15) is 19.6 Å². The summed E-state index contributed by atoms with van der Waals surface area (Å²) < 4.78 is 5.13. The summed E-state index contributed by atoms with van der Waals surface area (Å²) in [5.74, 6) is -0.506. The predicted octanol–water partition coefficient (Wildman–Crippen LogP) is 0.691. The first-order valence-electron chi connectivity index (χ1n) is 5.57. The van der Waals surface area contributed by atoms with Crippen LogP contribution in [0.5, 0.6) is 0 Å². The van der Waals surface area contributed by atoms with Crippen LogP contribution in [-0.2, 0) is 16.1 Å². The van der Waals surface area contributed by atoms with Gasteiger partial charge < -0.3 is 14.4 Å². The second kappa shape index (κ2) is 5.68. The van der Waals surface area contributed by atoms with Gasteiger partial charge in [0.15, 0.2) is 0 Å². The van der Waals surface area contributed by atoms with Crippen molar-refractivity contribution in [1.29, 1.82) is 0 Å². The van der Waals surface area contributed by atoms with Gasteiger partial charge in [-0.25, -0.2) is 0 Å². The minimum atomic E-state index is -1.12. The lowest BCUT2D eigenvalue weighted by Gasteiger charge is -2.23. The Bertz CT molecular complexity index is 412. The zero-order valence-corrected chi connectivity index (χ0v) is 10.8. The summed E-state index contributed by atoms with van der Waals surface area (Å²) in [4.78, 5) is 24.1. The quantitative estimate of drug-likeness (QED) is 0.780. The zero-order chi connectivity index (χ0) is 13.8. The lowest BCUT2D eigenvalue weighted by Crippen LogP contribution is -2.50. The number of amides is 1. The van der Waals surface area contributed by atoms with Gasteiger partial charge in [-0.05, 0) is 26.0 Å². The standard InChI is InChI=1S/C12H18N2O4/c1-12(2,11(16)17)13-7-10(15)14(3)8-9-5-4-6-18-9/h4-6,13H,7-8H2,1-3H3,(H,16,17). The Hall–Kier alpha value is -1.82. The number of carbonyl (C=O) groups excluding carboxylic acids is 1. The molecule has 6 nitrogen and oxygen atoms in total. The Labute approximate surface area is 106 Å². The van der Waals surface area contributed by atoms with E-state index in [0.29, 0.717) is 12.3 Å². The van der Waals surface area contributed by atoms with Crippen LogP contribution in [0.4, 0.5) is 0 Å². The highest BCUT2D eigenvalue weighted by atomic mass is 16.4. The molecule has 1 aromatic heterocycles. The number of nitrogens with one attached hydrogen (secondary N) is 1. The number of rotatable bonds is 6. The molecule has 1 amide bonds. The van der Waals surface area contributed by atoms with Crippen molar-refractivity contribution in [2.45, 2.75) is 25.9 Å². The summed E-state index contributed by atoms with van der Waals surface area (Å²) >= 11 is 0. The highest BCUT2D eigenvalue weighted by Crippen LogP contribution is 2.05. The van der Waals surface area contributed by atoms with Crippen molar-refractivity contribution in [2.24, 2.45) is 0 Å². The van der Waals surface area contributed by atoms with E-state index in [1.165, 1.54) is 18.7 Å². The average molecular weight is 254 g/mol. The fourth-order valence-corrected chi connectivity index (χ4v) is 1.23. The number of nitrogens with zero attached hydrogens (tertiary/aromatic N) is 1. The number of carbonyl (C=O) groups is 2. The van der Waals surface area contributed by atoms with Crippen molar-refractivity contribution in [2.75, 3.05) is 13.6 Å². The van der Waals surface area contributed by atoms with Gasteiger partial charge in [0, 0.05) is 7.05 Å². The molecular formula is C12H18N2O4. The average Bonchev–Trinajstić information content (AvgIpc) is 2.78. The van der Waals surface area contributed by atoms with Gasteiger partial charge in [-0.3, -0.25) is 14.9 Å². The Kier molecular flexibility index (Phi) is 4.49. The molecule has 0 aliphatic rings. The van der Waals surface area contributed by atoms with Gasteiger partial charge in [-0.1, -0.05) is 0 Å². The summed E-state index contributed by atoms with van der Waals surface area (Å²) in [7, 11) is 1.64. The number of hydrogen-bond acceptors (Lipinski definition) is 4. The lowest BCUT2D eigenvalue weighted by molar-refractivity contribution is -0.143. The second-order valence-electron chi connectivity index (χ2n) is 4.61. The van der Waals surface area contributed by atoms with Gasteiger partial charge in [-0.2, -0.15) is 0 Å². The number of likely N-dealkylation sites (N-methyl/N-ethyl adjacent to an activating group) is 1. The van der Waals surface area contributed by atoms with Crippen molar-refractivity contribution in [1.82, 2.24) is 10.2 Å². The summed E-state index contributed by atoms with van der Waals surface area (Å²) in [5.41, 5.74) is -1.12. The molecule has 0 fully saturated rings. The second-order valence-corrected chi connectivity index (χ2v) is 4.61. The van der Waals surface area contributed by atoms with E-state index < -0.39 is 11.5 Å². The van der Waals surface area contributed by atoms with E-state index in [-0.39, 0.29) is 12.5 Å². The predicted molar refractivity (Wildman–Crippen MR) is 64.9 cm³/mol. The molecule has 2 N–H and O–H groups in total. The van der Waals surface area contributed by atoms with Crippen LogP contribution < -0.4 is 5.32 Å².